The molecule has 0 aromatic heterocycles. The number of rotatable bonds is 3. The molecule has 2 N–H and O–H groups in total. The number of thioether (sulfide) groups is 1. The Kier molecular flexibility index (Phi) is 3.64. The molecule has 0 fully saturated rings. The van der Waals surface area contributed by atoms with E-state index in [0.717, 1.165) is 4.90 Å². The van der Waals surface area contributed by atoms with Crippen LogP contribution in [0.1, 0.15) is 6.92 Å². The minimum atomic E-state index is -0.0359. The molecule has 3 nitrogen and oxygen atoms in total. The molecule has 0 aliphatic rings. The van der Waals surface area contributed by atoms with Gasteiger partial charge in [0.25, 0.3) is 0 Å². The van der Waals surface area contributed by atoms with Crippen molar-refractivity contribution in [3.05, 3.63) is 24.3 Å². The first-order chi connectivity index (χ1) is 6.18. The molecule has 0 unspecified atom stereocenters. The van der Waals surface area contributed by atoms with Gasteiger partial charge in [-0.3, -0.25) is 4.79 Å². The van der Waals surface area contributed by atoms with E-state index in [0.29, 0.717) is 5.88 Å². The Balaban J connectivity index is 2.37. The Labute approximate surface area is 81.2 Å². The maximum atomic E-state index is 10.5. The number of benzene rings is 1. The van der Waals surface area contributed by atoms with Crippen LogP contribution in [0, 0.1) is 0 Å². The highest BCUT2D eigenvalue weighted by molar-refractivity contribution is 7.99. The molecule has 0 saturated heterocycles. The van der Waals surface area contributed by atoms with E-state index < -0.39 is 0 Å². The van der Waals surface area contributed by atoms with Crippen molar-refractivity contribution in [1.29, 1.82) is 0 Å². The summed E-state index contributed by atoms with van der Waals surface area (Å²) < 4.78 is 0. The zero-order valence-electron chi connectivity index (χ0n) is 7.28. The maximum Gasteiger partial charge on any atom is 0.217 e. The highest BCUT2D eigenvalue weighted by atomic mass is 32.2. The number of hydrogen-bond acceptors (Lipinski definition) is 3. The third kappa shape index (κ3) is 3.85. The number of amides is 1. The lowest BCUT2D eigenvalue weighted by atomic mass is 10.3. The summed E-state index contributed by atoms with van der Waals surface area (Å²) in [7, 11) is 0. The average molecular weight is 197 g/mol. The minimum Gasteiger partial charge on any atom is -0.508 e. The first kappa shape index (κ1) is 9.92. The minimum absolute atomic E-state index is 0.0359. The average Bonchev–Trinajstić information content (AvgIpc) is 2.08. The van der Waals surface area contributed by atoms with Gasteiger partial charge in [0.1, 0.15) is 5.75 Å². The lowest BCUT2D eigenvalue weighted by molar-refractivity contribution is -0.118. The van der Waals surface area contributed by atoms with Gasteiger partial charge in [0.05, 0.1) is 5.88 Å². The van der Waals surface area contributed by atoms with Gasteiger partial charge >= 0.3 is 0 Å². The van der Waals surface area contributed by atoms with Crippen molar-refractivity contribution in [1.82, 2.24) is 5.32 Å². The molecule has 0 heterocycles. The van der Waals surface area contributed by atoms with Crippen LogP contribution in [0.15, 0.2) is 29.2 Å². The van der Waals surface area contributed by atoms with E-state index in [9.17, 15) is 4.79 Å². The molecule has 0 aliphatic heterocycles. The zero-order chi connectivity index (χ0) is 9.68. The molecule has 70 valence electrons. The highest BCUT2D eigenvalue weighted by Crippen LogP contribution is 2.19. The van der Waals surface area contributed by atoms with E-state index in [4.69, 9.17) is 5.11 Å². The summed E-state index contributed by atoms with van der Waals surface area (Å²) in [5.41, 5.74) is 0. The Morgan fingerprint density at radius 1 is 1.46 bits per heavy atom. The van der Waals surface area contributed by atoms with Crippen LogP contribution >= 0.6 is 11.8 Å². The number of carbonyl (C=O) groups is 1. The lowest BCUT2D eigenvalue weighted by Gasteiger charge is -2.01. The second kappa shape index (κ2) is 4.77. The van der Waals surface area contributed by atoms with Crippen molar-refractivity contribution < 1.29 is 9.90 Å². The van der Waals surface area contributed by atoms with Crippen LogP contribution in [-0.2, 0) is 4.79 Å². The van der Waals surface area contributed by atoms with Gasteiger partial charge in [-0.25, -0.2) is 0 Å². The second-order valence-corrected chi connectivity index (χ2v) is 3.56. The summed E-state index contributed by atoms with van der Waals surface area (Å²) in [6.45, 7) is 1.48. The van der Waals surface area contributed by atoms with Crippen LogP contribution in [0.2, 0.25) is 0 Å². The van der Waals surface area contributed by atoms with Crippen molar-refractivity contribution in [3.63, 3.8) is 0 Å². The van der Waals surface area contributed by atoms with E-state index in [-0.39, 0.29) is 11.7 Å². The SMILES string of the molecule is CC(=O)NCSc1ccc(O)cc1. The third-order valence-electron chi connectivity index (χ3n) is 1.40. The first-order valence-electron chi connectivity index (χ1n) is 3.85. The van der Waals surface area contributed by atoms with Gasteiger partial charge in [0.2, 0.25) is 5.91 Å². The van der Waals surface area contributed by atoms with Crippen LogP contribution in [0.25, 0.3) is 0 Å². The lowest BCUT2D eigenvalue weighted by Crippen LogP contribution is -2.18. The second-order valence-electron chi connectivity index (χ2n) is 2.52. The van der Waals surface area contributed by atoms with Gasteiger partial charge in [-0.15, -0.1) is 11.8 Å². The van der Waals surface area contributed by atoms with E-state index in [1.54, 1.807) is 12.1 Å². The monoisotopic (exact) mass is 197 g/mol. The number of hydrogen-bond donors (Lipinski definition) is 2. The molecule has 0 atom stereocenters. The molecule has 1 aromatic rings. The van der Waals surface area contributed by atoms with Crippen molar-refractivity contribution in [2.75, 3.05) is 5.88 Å². The van der Waals surface area contributed by atoms with Crippen LogP contribution in [0.3, 0.4) is 0 Å². The largest absolute Gasteiger partial charge is 0.508 e. The third-order valence-corrected chi connectivity index (χ3v) is 2.29. The van der Waals surface area contributed by atoms with Crippen LogP contribution in [0.5, 0.6) is 5.75 Å². The Hall–Kier alpha value is -1.16. The number of carbonyl (C=O) groups excluding carboxylic acids is 1. The van der Waals surface area contributed by atoms with Gasteiger partial charge < -0.3 is 10.4 Å². The van der Waals surface area contributed by atoms with Gasteiger partial charge in [-0.05, 0) is 24.3 Å². The molecule has 0 saturated carbocycles. The van der Waals surface area contributed by atoms with E-state index >= 15 is 0 Å². The quantitative estimate of drug-likeness (QED) is 0.571. The predicted molar refractivity (Wildman–Crippen MR) is 52.6 cm³/mol. The molecule has 4 heteroatoms. The molecule has 0 bridgehead atoms. The molecule has 0 radical (unpaired) electrons. The van der Waals surface area contributed by atoms with Gasteiger partial charge in [-0.1, -0.05) is 0 Å². The smallest absolute Gasteiger partial charge is 0.217 e. The molecule has 1 rings (SSSR count). The predicted octanol–water partition coefficient (Wildman–Crippen LogP) is 1.58. The van der Waals surface area contributed by atoms with E-state index in [2.05, 4.69) is 5.32 Å². The van der Waals surface area contributed by atoms with Crippen molar-refractivity contribution in [3.8, 4) is 5.75 Å². The highest BCUT2D eigenvalue weighted by Gasteiger charge is 1.94. The van der Waals surface area contributed by atoms with Gasteiger partial charge in [0, 0.05) is 11.8 Å². The molecular formula is C9H11NO2S. The molecule has 1 amide bonds. The fraction of sp³-hybridized carbons (Fsp3) is 0.222. The first-order valence-corrected chi connectivity index (χ1v) is 4.83. The normalized spacial score (nSPS) is 9.62. The van der Waals surface area contributed by atoms with Gasteiger partial charge in [-0.2, -0.15) is 0 Å². The van der Waals surface area contributed by atoms with E-state index in [1.165, 1.54) is 18.7 Å². The summed E-state index contributed by atoms with van der Waals surface area (Å²) in [5.74, 6) is 0.773. The fourth-order valence-corrected chi connectivity index (χ4v) is 1.53. The summed E-state index contributed by atoms with van der Waals surface area (Å²) in [6.07, 6.45) is 0. The summed E-state index contributed by atoms with van der Waals surface area (Å²) in [6, 6.07) is 6.86. The number of phenolic OH excluding ortho intramolecular Hbond substituents is 1. The number of aromatic hydroxyl groups is 1. The fourth-order valence-electron chi connectivity index (χ4n) is 0.763. The van der Waals surface area contributed by atoms with Crippen molar-refractivity contribution >= 4 is 17.7 Å². The van der Waals surface area contributed by atoms with Crippen LogP contribution in [-0.4, -0.2) is 16.9 Å². The zero-order valence-corrected chi connectivity index (χ0v) is 8.10. The van der Waals surface area contributed by atoms with Crippen molar-refractivity contribution in [2.45, 2.75) is 11.8 Å². The van der Waals surface area contributed by atoms with Crippen LogP contribution in [0.4, 0.5) is 0 Å². The summed E-state index contributed by atoms with van der Waals surface area (Å²) in [5, 5.41) is 11.7. The molecule has 1 aromatic carbocycles. The standard InChI is InChI=1S/C9H11NO2S/c1-7(11)10-6-13-9-4-2-8(12)3-5-9/h2-5,12H,6H2,1H3,(H,10,11). The Bertz CT molecular complexity index is 284. The van der Waals surface area contributed by atoms with Gasteiger partial charge in [0.15, 0.2) is 0 Å². The van der Waals surface area contributed by atoms with Crippen LogP contribution < -0.4 is 5.32 Å². The number of phenols is 1. The summed E-state index contributed by atoms with van der Waals surface area (Å²) >= 11 is 1.51. The molecule has 0 spiro atoms. The topological polar surface area (TPSA) is 49.3 Å². The Morgan fingerprint density at radius 3 is 2.62 bits per heavy atom. The maximum absolute atomic E-state index is 10.5. The number of nitrogens with one attached hydrogen (secondary N) is 1. The molecule has 0 aliphatic carbocycles. The Morgan fingerprint density at radius 2 is 2.08 bits per heavy atom. The molecular weight excluding hydrogens is 186 g/mol. The van der Waals surface area contributed by atoms with E-state index in [1.807, 2.05) is 12.1 Å². The summed E-state index contributed by atoms with van der Waals surface area (Å²) in [4.78, 5) is 11.5. The molecule has 13 heavy (non-hydrogen) atoms. The van der Waals surface area contributed by atoms with Crippen molar-refractivity contribution in [2.24, 2.45) is 0 Å².